The van der Waals surface area contributed by atoms with Crippen LogP contribution < -0.4 is 15.4 Å². The molecular weight excluding hydrogens is 388 g/mol. The molecule has 0 radical (unpaired) electrons. The zero-order valence-corrected chi connectivity index (χ0v) is 16.0. The minimum atomic E-state index is -0.310. The molecule has 0 aliphatic heterocycles. The van der Waals surface area contributed by atoms with Gasteiger partial charge in [-0.2, -0.15) is 0 Å². The first-order chi connectivity index (χ1) is 11.5. The SMILES string of the molecule is CCc1ccc(OCC(=O)NC(=S)Nc2ccc(C)cc2Br)cc1. The number of carbonyl (C=O) groups excluding carboxylic acids is 1. The molecule has 0 saturated carbocycles. The molecule has 1 amide bonds. The van der Waals surface area contributed by atoms with Gasteiger partial charge in [0.05, 0.1) is 5.69 Å². The van der Waals surface area contributed by atoms with Gasteiger partial charge in [0.2, 0.25) is 0 Å². The van der Waals surface area contributed by atoms with Crippen LogP contribution in [0.1, 0.15) is 18.1 Å². The number of benzene rings is 2. The number of nitrogens with one attached hydrogen (secondary N) is 2. The van der Waals surface area contributed by atoms with Crippen molar-refractivity contribution >= 4 is 44.9 Å². The van der Waals surface area contributed by atoms with Crippen molar-refractivity contribution < 1.29 is 9.53 Å². The van der Waals surface area contributed by atoms with Crippen molar-refractivity contribution in [3.63, 3.8) is 0 Å². The predicted molar refractivity (Wildman–Crippen MR) is 105 cm³/mol. The molecule has 0 fully saturated rings. The average molecular weight is 407 g/mol. The summed E-state index contributed by atoms with van der Waals surface area (Å²) in [6, 6.07) is 13.5. The van der Waals surface area contributed by atoms with Crippen LogP contribution in [-0.2, 0) is 11.2 Å². The van der Waals surface area contributed by atoms with Crippen LogP contribution in [0, 0.1) is 6.92 Å². The van der Waals surface area contributed by atoms with E-state index in [1.165, 1.54) is 5.56 Å². The van der Waals surface area contributed by atoms with Crippen LogP contribution in [0.25, 0.3) is 0 Å². The number of aryl methyl sites for hydroxylation is 2. The smallest absolute Gasteiger partial charge is 0.264 e. The molecule has 2 aromatic carbocycles. The molecule has 0 heterocycles. The second-order valence-electron chi connectivity index (χ2n) is 5.27. The van der Waals surface area contributed by atoms with Crippen molar-refractivity contribution in [1.29, 1.82) is 0 Å². The van der Waals surface area contributed by atoms with Gasteiger partial charge in [-0.05, 0) is 76.9 Å². The minimum absolute atomic E-state index is 0.0949. The van der Waals surface area contributed by atoms with Crippen LogP contribution in [-0.4, -0.2) is 17.6 Å². The van der Waals surface area contributed by atoms with Crippen molar-refractivity contribution in [2.45, 2.75) is 20.3 Å². The van der Waals surface area contributed by atoms with E-state index in [2.05, 4.69) is 33.5 Å². The fourth-order valence-corrected chi connectivity index (χ4v) is 2.82. The lowest BCUT2D eigenvalue weighted by Crippen LogP contribution is -2.37. The number of carbonyl (C=O) groups is 1. The number of anilines is 1. The molecule has 24 heavy (non-hydrogen) atoms. The van der Waals surface area contributed by atoms with E-state index in [1.54, 1.807) is 0 Å². The highest BCUT2D eigenvalue weighted by atomic mass is 79.9. The maximum absolute atomic E-state index is 11.9. The molecule has 0 aliphatic carbocycles. The lowest BCUT2D eigenvalue weighted by molar-refractivity contribution is -0.121. The summed E-state index contributed by atoms with van der Waals surface area (Å²) >= 11 is 8.60. The first-order valence-electron chi connectivity index (χ1n) is 7.56. The maximum atomic E-state index is 11.9. The summed E-state index contributed by atoms with van der Waals surface area (Å²) in [5.41, 5.74) is 3.15. The molecule has 2 aromatic rings. The number of halogens is 1. The molecule has 2 rings (SSSR count). The number of hydrogen-bond donors (Lipinski definition) is 2. The summed E-state index contributed by atoms with van der Waals surface area (Å²) in [6.07, 6.45) is 0.968. The second kappa shape index (κ2) is 8.80. The minimum Gasteiger partial charge on any atom is -0.484 e. The topological polar surface area (TPSA) is 50.4 Å². The van der Waals surface area contributed by atoms with Gasteiger partial charge >= 0.3 is 0 Å². The summed E-state index contributed by atoms with van der Waals surface area (Å²) in [5.74, 6) is 0.345. The number of ether oxygens (including phenoxy) is 1. The van der Waals surface area contributed by atoms with Gasteiger partial charge in [0.15, 0.2) is 11.7 Å². The van der Waals surface area contributed by atoms with E-state index >= 15 is 0 Å². The largest absolute Gasteiger partial charge is 0.484 e. The number of hydrogen-bond acceptors (Lipinski definition) is 3. The van der Waals surface area contributed by atoms with Gasteiger partial charge in [0.25, 0.3) is 5.91 Å². The molecule has 6 heteroatoms. The van der Waals surface area contributed by atoms with Crippen molar-refractivity contribution in [2.75, 3.05) is 11.9 Å². The van der Waals surface area contributed by atoms with Crippen molar-refractivity contribution in [2.24, 2.45) is 0 Å². The van der Waals surface area contributed by atoms with Crippen molar-refractivity contribution in [3.8, 4) is 5.75 Å². The Balaban J connectivity index is 1.81. The van der Waals surface area contributed by atoms with Crippen LogP contribution in [0.5, 0.6) is 5.75 Å². The van der Waals surface area contributed by atoms with Gasteiger partial charge in [-0.25, -0.2) is 0 Å². The zero-order valence-electron chi connectivity index (χ0n) is 13.6. The van der Waals surface area contributed by atoms with Gasteiger partial charge < -0.3 is 10.1 Å². The maximum Gasteiger partial charge on any atom is 0.264 e. The molecule has 0 aliphatic rings. The molecule has 126 valence electrons. The molecular formula is C18H19BrN2O2S. The molecule has 0 bridgehead atoms. The summed E-state index contributed by atoms with van der Waals surface area (Å²) < 4.78 is 6.33. The third-order valence-electron chi connectivity index (χ3n) is 3.33. The predicted octanol–water partition coefficient (Wildman–Crippen LogP) is 4.21. The Labute approximate surface area is 155 Å². The van der Waals surface area contributed by atoms with Crippen LogP contribution in [0.15, 0.2) is 46.9 Å². The molecule has 0 saturated heterocycles. The molecule has 0 spiro atoms. The third-order valence-corrected chi connectivity index (χ3v) is 4.19. The molecule has 0 unspecified atom stereocenters. The summed E-state index contributed by atoms with van der Waals surface area (Å²) in [5, 5.41) is 5.81. The van der Waals surface area contributed by atoms with Gasteiger partial charge in [-0.1, -0.05) is 25.1 Å². The van der Waals surface area contributed by atoms with E-state index in [-0.39, 0.29) is 17.6 Å². The molecule has 4 nitrogen and oxygen atoms in total. The molecule has 2 N–H and O–H groups in total. The Morgan fingerprint density at radius 3 is 2.54 bits per heavy atom. The van der Waals surface area contributed by atoms with Gasteiger partial charge in [0, 0.05) is 4.47 Å². The molecule has 0 aromatic heterocycles. The number of rotatable bonds is 5. The standard InChI is InChI=1S/C18H19BrN2O2S/c1-3-13-5-7-14(8-6-13)23-11-17(22)21-18(24)20-16-9-4-12(2)10-15(16)19/h4-10H,3,11H2,1-2H3,(H2,20,21,22,24). The van der Waals surface area contributed by atoms with E-state index in [0.29, 0.717) is 5.75 Å². The van der Waals surface area contributed by atoms with Crippen LogP contribution in [0.4, 0.5) is 5.69 Å². The highest BCUT2D eigenvalue weighted by Crippen LogP contribution is 2.23. The summed E-state index contributed by atoms with van der Waals surface area (Å²) in [4.78, 5) is 11.9. The monoisotopic (exact) mass is 406 g/mol. The molecule has 0 atom stereocenters. The fourth-order valence-electron chi connectivity index (χ4n) is 2.01. The first kappa shape index (κ1) is 18.4. The zero-order chi connectivity index (χ0) is 17.5. The Morgan fingerprint density at radius 1 is 1.21 bits per heavy atom. The second-order valence-corrected chi connectivity index (χ2v) is 6.53. The third kappa shape index (κ3) is 5.62. The quantitative estimate of drug-likeness (QED) is 0.730. The van der Waals surface area contributed by atoms with Crippen molar-refractivity contribution in [1.82, 2.24) is 5.32 Å². The highest BCUT2D eigenvalue weighted by Gasteiger charge is 2.08. The normalized spacial score (nSPS) is 10.1. The Bertz CT molecular complexity index is 732. The summed E-state index contributed by atoms with van der Waals surface area (Å²) in [6.45, 7) is 3.99. The fraction of sp³-hybridized carbons (Fsp3) is 0.222. The lowest BCUT2D eigenvalue weighted by atomic mass is 10.2. The van der Waals surface area contributed by atoms with Gasteiger partial charge in [0.1, 0.15) is 5.75 Å². The summed E-state index contributed by atoms with van der Waals surface area (Å²) in [7, 11) is 0. The van der Waals surface area contributed by atoms with E-state index in [4.69, 9.17) is 17.0 Å². The highest BCUT2D eigenvalue weighted by molar-refractivity contribution is 9.10. The van der Waals surface area contributed by atoms with E-state index in [0.717, 1.165) is 22.1 Å². The average Bonchev–Trinajstić information content (AvgIpc) is 2.56. The van der Waals surface area contributed by atoms with E-state index < -0.39 is 0 Å². The Kier molecular flexibility index (Phi) is 6.75. The Morgan fingerprint density at radius 2 is 1.92 bits per heavy atom. The van der Waals surface area contributed by atoms with Crippen LogP contribution >= 0.6 is 28.1 Å². The van der Waals surface area contributed by atoms with E-state index in [9.17, 15) is 4.79 Å². The Hall–Kier alpha value is -1.92. The first-order valence-corrected chi connectivity index (χ1v) is 8.76. The van der Waals surface area contributed by atoms with Crippen molar-refractivity contribution in [3.05, 3.63) is 58.1 Å². The van der Waals surface area contributed by atoms with Crippen LogP contribution in [0.2, 0.25) is 0 Å². The van der Waals surface area contributed by atoms with Gasteiger partial charge in [-0.15, -0.1) is 0 Å². The number of amides is 1. The number of thiocarbonyl (C=S) groups is 1. The van der Waals surface area contributed by atoms with E-state index in [1.807, 2.05) is 49.4 Å². The van der Waals surface area contributed by atoms with Crippen LogP contribution in [0.3, 0.4) is 0 Å². The van der Waals surface area contributed by atoms with Gasteiger partial charge in [-0.3, -0.25) is 10.1 Å². The lowest BCUT2D eigenvalue weighted by Gasteiger charge is -2.12.